The topological polar surface area (TPSA) is 15.8 Å². The van der Waals surface area contributed by atoms with E-state index in [1.807, 2.05) is 24.4 Å². The molecule has 0 atom stereocenters. The molecule has 3 aromatic rings. The van der Waals surface area contributed by atoms with Crippen molar-refractivity contribution in [2.24, 2.45) is 0 Å². The van der Waals surface area contributed by atoms with Crippen LogP contribution in [0.1, 0.15) is 11.1 Å². The molecule has 0 bridgehead atoms. The molecule has 0 radical (unpaired) electrons. The van der Waals surface area contributed by atoms with Crippen molar-refractivity contribution in [2.45, 2.75) is 4.90 Å². The fraction of sp³-hybridized carbons (Fsp3) is 0.0588. The van der Waals surface area contributed by atoms with Crippen LogP contribution in [0, 0.1) is 5.82 Å². The number of fused-ring (bicyclic) bond motifs is 2. The van der Waals surface area contributed by atoms with Crippen molar-refractivity contribution in [1.82, 2.24) is 4.98 Å². The molecular formula is C17H12FNS. The summed E-state index contributed by atoms with van der Waals surface area (Å²) in [5.41, 5.74) is 4.37. The van der Waals surface area contributed by atoms with Gasteiger partial charge in [-0.1, -0.05) is 24.3 Å². The van der Waals surface area contributed by atoms with Crippen LogP contribution in [0.25, 0.3) is 16.5 Å². The van der Waals surface area contributed by atoms with Crippen molar-refractivity contribution in [3.63, 3.8) is 0 Å². The van der Waals surface area contributed by atoms with Gasteiger partial charge in [0.2, 0.25) is 0 Å². The zero-order valence-corrected chi connectivity index (χ0v) is 11.5. The molecule has 20 heavy (non-hydrogen) atoms. The van der Waals surface area contributed by atoms with Crippen LogP contribution in [0.4, 0.5) is 4.39 Å². The second-order valence-electron chi connectivity index (χ2n) is 4.82. The molecule has 0 aliphatic carbocycles. The largest absolute Gasteiger partial charge is 0.361 e. The number of aromatic nitrogens is 1. The molecule has 0 fully saturated rings. The van der Waals surface area contributed by atoms with Crippen LogP contribution in [-0.4, -0.2) is 10.7 Å². The Balaban J connectivity index is 1.95. The number of hydrogen-bond donors (Lipinski definition) is 1. The van der Waals surface area contributed by atoms with E-state index in [0.717, 1.165) is 32.9 Å². The molecule has 1 aliphatic heterocycles. The maximum absolute atomic E-state index is 13.6. The lowest BCUT2D eigenvalue weighted by molar-refractivity contribution is 0.626. The molecule has 0 saturated heterocycles. The van der Waals surface area contributed by atoms with Crippen LogP contribution < -0.4 is 0 Å². The third-order valence-corrected chi connectivity index (χ3v) is 4.64. The lowest BCUT2D eigenvalue weighted by Crippen LogP contribution is -1.97. The molecule has 0 saturated carbocycles. The van der Waals surface area contributed by atoms with Crippen molar-refractivity contribution < 1.29 is 4.39 Å². The Morgan fingerprint density at radius 3 is 2.90 bits per heavy atom. The van der Waals surface area contributed by atoms with E-state index in [4.69, 9.17) is 0 Å². The lowest BCUT2D eigenvalue weighted by atomic mass is 9.97. The van der Waals surface area contributed by atoms with Gasteiger partial charge in [-0.2, -0.15) is 0 Å². The summed E-state index contributed by atoms with van der Waals surface area (Å²) in [4.78, 5) is 4.44. The second kappa shape index (κ2) is 4.53. The van der Waals surface area contributed by atoms with Crippen molar-refractivity contribution >= 4 is 28.2 Å². The molecule has 2 aromatic carbocycles. The van der Waals surface area contributed by atoms with Crippen LogP contribution in [0.5, 0.6) is 0 Å². The van der Waals surface area contributed by atoms with Gasteiger partial charge >= 0.3 is 0 Å². The number of rotatable bonds is 1. The van der Waals surface area contributed by atoms with E-state index in [2.05, 4.69) is 23.2 Å². The van der Waals surface area contributed by atoms with E-state index in [-0.39, 0.29) is 5.82 Å². The highest BCUT2D eigenvalue weighted by Crippen LogP contribution is 2.39. The zero-order chi connectivity index (χ0) is 13.5. The van der Waals surface area contributed by atoms with E-state index in [1.165, 1.54) is 11.5 Å². The van der Waals surface area contributed by atoms with Gasteiger partial charge < -0.3 is 4.98 Å². The number of benzene rings is 2. The Morgan fingerprint density at radius 2 is 1.95 bits per heavy atom. The van der Waals surface area contributed by atoms with Crippen molar-refractivity contribution in [2.75, 3.05) is 5.75 Å². The Bertz CT molecular complexity index is 832. The lowest BCUT2D eigenvalue weighted by Gasteiger charge is -2.17. The number of halogens is 1. The highest BCUT2D eigenvalue weighted by molar-refractivity contribution is 7.99. The van der Waals surface area contributed by atoms with Crippen LogP contribution in [-0.2, 0) is 0 Å². The summed E-state index contributed by atoms with van der Waals surface area (Å²) in [6.45, 7) is 0. The van der Waals surface area contributed by atoms with Gasteiger partial charge in [0.05, 0.1) is 0 Å². The molecule has 1 aromatic heterocycles. The molecule has 0 unspecified atom stereocenters. The Hall–Kier alpha value is -2.00. The van der Waals surface area contributed by atoms with Gasteiger partial charge in [0.15, 0.2) is 0 Å². The summed E-state index contributed by atoms with van der Waals surface area (Å²) in [5, 5.41) is 1.18. The van der Waals surface area contributed by atoms with Gasteiger partial charge in [-0.15, -0.1) is 11.8 Å². The first-order valence-corrected chi connectivity index (χ1v) is 7.51. The molecule has 1 nitrogen and oxygen atoms in total. The van der Waals surface area contributed by atoms with Crippen LogP contribution in [0.2, 0.25) is 0 Å². The smallest absolute Gasteiger partial charge is 0.123 e. The fourth-order valence-electron chi connectivity index (χ4n) is 2.71. The Labute approximate surface area is 120 Å². The van der Waals surface area contributed by atoms with E-state index >= 15 is 0 Å². The maximum atomic E-state index is 13.6. The molecule has 98 valence electrons. The summed E-state index contributed by atoms with van der Waals surface area (Å²) >= 11 is 1.75. The second-order valence-corrected chi connectivity index (χ2v) is 5.88. The number of hydrogen-bond acceptors (Lipinski definition) is 1. The monoisotopic (exact) mass is 281 g/mol. The first-order valence-electron chi connectivity index (χ1n) is 6.52. The summed E-state index contributed by atoms with van der Waals surface area (Å²) in [6.07, 6.45) is 4.20. The average molecular weight is 281 g/mol. The van der Waals surface area contributed by atoms with Crippen LogP contribution in [0.15, 0.2) is 59.6 Å². The SMILES string of the molecule is Fc1ccc2c(c1)C(c1c[nH]c3ccccc13)=CCS2. The predicted molar refractivity (Wildman–Crippen MR) is 82.5 cm³/mol. The number of H-pyrrole nitrogens is 1. The van der Waals surface area contributed by atoms with Crippen LogP contribution in [0.3, 0.4) is 0 Å². The minimum atomic E-state index is -0.183. The number of aromatic amines is 1. The molecule has 3 heteroatoms. The summed E-state index contributed by atoms with van der Waals surface area (Å²) in [6, 6.07) is 13.2. The molecule has 0 amide bonds. The van der Waals surface area contributed by atoms with Gasteiger partial charge in [0.25, 0.3) is 0 Å². The highest BCUT2D eigenvalue weighted by atomic mass is 32.2. The molecule has 4 rings (SSSR count). The molecule has 1 N–H and O–H groups in total. The highest BCUT2D eigenvalue weighted by Gasteiger charge is 2.17. The van der Waals surface area contributed by atoms with E-state index in [9.17, 15) is 4.39 Å². The average Bonchev–Trinajstić information content (AvgIpc) is 2.90. The quantitative estimate of drug-likeness (QED) is 0.674. The number of para-hydroxylation sites is 1. The molecule has 0 spiro atoms. The number of nitrogens with one attached hydrogen (secondary N) is 1. The molecule has 2 heterocycles. The zero-order valence-electron chi connectivity index (χ0n) is 10.7. The fourth-order valence-corrected chi connectivity index (χ4v) is 3.63. The van der Waals surface area contributed by atoms with Crippen molar-refractivity contribution in [1.29, 1.82) is 0 Å². The summed E-state index contributed by atoms with van der Waals surface area (Å²) in [5.74, 6) is 0.741. The van der Waals surface area contributed by atoms with E-state index in [1.54, 1.807) is 17.8 Å². The van der Waals surface area contributed by atoms with Gasteiger partial charge in [-0.05, 0) is 35.4 Å². The van der Waals surface area contributed by atoms with Crippen LogP contribution >= 0.6 is 11.8 Å². The predicted octanol–water partition coefficient (Wildman–Crippen LogP) is 4.84. The summed E-state index contributed by atoms with van der Waals surface area (Å²) in [7, 11) is 0. The summed E-state index contributed by atoms with van der Waals surface area (Å²) < 4.78 is 13.6. The van der Waals surface area contributed by atoms with Crippen molar-refractivity contribution in [3.8, 4) is 0 Å². The first kappa shape index (κ1) is 11.8. The third kappa shape index (κ3) is 1.78. The van der Waals surface area contributed by atoms with E-state index < -0.39 is 0 Å². The normalized spacial score (nSPS) is 14.2. The molecule has 1 aliphatic rings. The minimum Gasteiger partial charge on any atom is -0.361 e. The minimum absolute atomic E-state index is 0.183. The van der Waals surface area contributed by atoms with Gasteiger partial charge in [0.1, 0.15) is 5.82 Å². The van der Waals surface area contributed by atoms with Gasteiger partial charge in [-0.25, -0.2) is 4.39 Å². The number of thioether (sulfide) groups is 1. The first-order chi connectivity index (χ1) is 9.83. The van der Waals surface area contributed by atoms with Crippen molar-refractivity contribution in [3.05, 3.63) is 71.7 Å². The maximum Gasteiger partial charge on any atom is 0.123 e. The van der Waals surface area contributed by atoms with Gasteiger partial charge in [0, 0.05) is 33.3 Å². The third-order valence-electron chi connectivity index (χ3n) is 3.64. The Kier molecular flexibility index (Phi) is 2.67. The van der Waals surface area contributed by atoms with Gasteiger partial charge in [-0.3, -0.25) is 0 Å². The van der Waals surface area contributed by atoms with E-state index in [0.29, 0.717) is 0 Å². The molecular weight excluding hydrogens is 269 g/mol. The Morgan fingerprint density at radius 1 is 1.05 bits per heavy atom. The standard InChI is InChI=1S/C17H12FNS/c18-11-5-6-17-14(9-11)12(7-8-20-17)15-10-19-16-4-2-1-3-13(15)16/h1-7,9-10,19H,8H2.